The average molecular weight is 352 g/mol. The van der Waals surface area contributed by atoms with Gasteiger partial charge in [-0.1, -0.05) is 47.1 Å². The van der Waals surface area contributed by atoms with Gasteiger partial charge in [-0.15, -0.1) is 0 Å². The average Bonchev–Trinajstić information content (AvgIpc) is 2.48. The standard InChI is InChI=1S/C17H19BrFNO/c1-4-20-17(12-9-8-11(2)14(18)10-12)13-6-5-7-15(21-3)16(13)19/h5-10,17,20H,4H2,1-3H3. The summed E-state index contributed by atoms with van der Waals surface area (Å²) >= 11 is 3.54. The summed E-state index contributed by atoms with van der Waals surface area (Å²) in [4.78, 5) is 0. The highest BCUT2D eigenvalue weighted by molar-refractivity contribution is 9.10. The van der Waals surface area contributed by atoms with Crippen molar-refractivity contribution in [3.8, 4) is 5.75 Å². The summed E-state index contributed by atoms with van der Waals surface area (Å²) in [7, 11) is 1.48. The first kappa shape index (κ1) is 16.0. The van der Waals surface area contributed by atoms with Crippen molar-refractivity contribution in [2.45, 2.75) is 19.9 Å². The van der Waals surface area contributed by atoms with Crippen molar-refractivity contribution >= 4 is 15.9 Å². The third-order valence-corrected chi connectivity index (χ3v) is 4.32. The van der Waals surface area contributed by atoms with Crippen LogP contribution in [0.5, 0.6) is 5.75 Å². The quantitative estimate of drug-likeness (QED) is 0.849. The van der Waals surface area contributed by atoms with Crippen LogP contribution in [0.1, 0.15) is 29.7 Å². The van der Waals surface area contributed by atoms with E-state index in [2.05, 4.69) is 21.2 Å². The monoisotopic (exact) mass is 351 g/mol. The van der Waals surface area contributed by atoms with Gasteiger partial charge in [0.1, 0.15) is 0 Å². The fraction of sp³-hybridized carbons (Fsp3) is 0.294. The predicted octanol–water partition coefficient (Wildman–Crippen LogP) is 4.60. The Morgan fingerprint density at radius 1 is 1.29 bits per heavy atom. The van der Waals surface area contributed by atoms with Crippen LogP contribution >= 0.6 is 15.9 Å². The third-order valence-electron chi connectivity index (χ3n) is 3.46. The Kier molecular flexibility index (Phi) is 5.37. The highest BCUT2D eigenvalue weighted by Crippen LogP contribution is 2.31. The highest BCUT2D eigenvalue weighted by Gasteiger charge is 2.20. The molecule has 0 aliphatic rings. The van der Waals surface area contributed by atoms with Crippen LogP contribution in [0.25, 0.3) is 0 Å². The number of methoxy groups -OCH3 is 1. The second kappa shape index (κ2) is 7.05. The number of nitrogens with one attached hydrogen (secondary N) is 1. The molecule has 0 aliphatic heterocycles. The summed E-state index contributed by atoms with van der Waals surface area (Å²) < 4.78 is 20.6. The minimum atomic E-state index is -0.317. The van der Waals surface area contributed by atoms with Crippen LogP contribution < -0.4 is 10.1 Å². The molecule has 1 atom stereocenters. The Balaban J connectivity index is 2.50. The van der Waals surface area contributed by atoms with Gasteiger partial charge in [0.25, 0.3) is 0 Å². The van der Waals surface area contributed by atoms with Crippen LogP contribution in [0, 0.1) is 12.7 Å². The first-order chi connectivity index (χ1) is 10.1. The van der Waals surface area contributed by atoms with E-state index in [0.29, 0.717) is 5.56 Å². The van der Waals surface area contributed by atoms with Crippen molar-refractivity contribution in [1.29, 1.82) is 0 Å². The first-order valence-electron chi connectivity index (χ1n) is 6.90. The summed E-state index contributed by atoms with van der Waals surface area (Å²) in [6.45, 7) is 4.78. The lowest BCUT2D eigenvalue weighted by molar-refractivity contribution is 0.381. The Hall–Kier alpha value is -1.39. The first-order valence-corrected chi connectivity index (χ1v) is 7.69. The van der Waals surface area contributed by atoms with Gasteiger partial charge in [-0.2, -0.15) is 0 Å². The normalized spacial score (nSPS) is 12.2. The molecule has 0 saturated heterocycles. The molecular formula is C17H19BrFNO. The Morgan fingerprint density at radius 3 is 2.67 bits per heavy atom. The van der Waals surface area contributed by atoms with Crippen LogP contribution in [0.3, 0.4) is 0 Å². The van der Waals surface area contributed by atoms with Crippen LogP contribution in [-0.4, -0.2) is 13.7 Å². The van der Waals surface area contributed by atoms with Crippen molar-refractivity contribution in [3.05, 3.63) is 63.4 Å². The van der Waals surface area contributed by atoms with E-state index in [1.165, 1.54) is 7.11 Å². The molecule has 0 aromatic heterocycles. The van der Waals surface area contributed by atoms with E-state index >= 15 is 0 Å². The van der Waals surface area contributed by atoms with Crippen LogP contribution in [0.15, 0.2) is 40.9 Å². The van der Waals surface area contributed by atoms with E-state index in [9.17, 15) is 4.39 Å². The predicted molar refractivity (Wildman–Crippen MR) is 87.4 cm³/mol. The summed E-state index contributed by atoms with van der Waals surface area (Å²) in [6, 6.07) is 11.1. The van der Waals surface area contributed by atoms with Crippen molar-refractivity contribution in [1.82, 2.24) is 5.32 Å². The minimum absolute atomic E-state index is 0.206. The number of ether oxygens (including phenoxy) is 1. The van der Waals surface area contributed by atoms with Crippen LogP contribution in [-0.2, 0) is 0 Å². The van der Waals surface area contributed by atoms with Crippen LogP contribution in [0.4, 0.5) is 4.39 Å². The molecule has 1 N–H and O–H groups in total. The van der Waals surface area contributed by atoms with Gasteiger partial charge >= 0.3 is 0 Å². The van der Waals surface area contributed by atoms with Gasteiger partial charge < -0.3 is 10.1 Å². The smallest absolute Gasteiger partial charge is 0.170 e. The molecule has 112 valence electrons. The van der Waals surface area contributed by atoms with Gasteiger partial charge in [-0.3, -0.25) is 0 Å². The fourth-order valence-electron chi connectivity index (χ4n) is 2.31. The number of halogens is 2. The second-order valence-electron chi connectivity index (χ2n) is 4.86. The van der Waals surface area contributed by atoms with E-state index in [0.717, 1.165) is 22.1 Å². The van der Waals surface area contributed by atoms with Gasteiger partial charge in [-0.05, 0) is 36.7 Å². The van der Waals surface area contributed by atoms with Crippen molar-refractivity contribution in [3.63, 3.8) is 0 Å². The Labute approximate surface area is 133 Å². The van der Waals surface area contributed by atoms with Gasteiger partial charge in [0, 0.05) is 10.0 Å². The number of rotatable bonds is 5. The molecule has 21 heavy (non-hydrogen) atoms. The van der Waals surface area contributed by atoms with E-state index in [1.807, 2.05) is 38.1 Å². The molecule has 2 nitrogen and oxygen atoms in total. The Bertz CT molecular complexity index is 630. The number of benzene rings is 2. The second-order valence-corrected chi connectivity index (χ2v) is 5.72. The van der Waals surface area contributed by atoms with E-state index < -0.39 is 0 Å². The van der Waals surface area contributed by atoms with Gasteiger partial charge in [0.15, 0.2) is 11.6 Å². The zero-order chi connectivity index (χ0) is 15.4. The summed E-state index contributed by atoms with van der Waals surface area (Å²) in [5, 5.41) is 3.34. The van der Waals surface area contributed by atoms with Gasteiger partial charge in [0.05, 0.1) is 13.2 Å². The lowest BCUT2D eigenvalue weighted by Gasteiger charge is -2.21. The van der Waals surface area contributed by atoms with Crippen LogP contribution in [0.2, 0.25) is 0 Å². The molecule has 0 spiro atoms. The molecular weight excluding hydrogens is 333 g/mol. The number of hydrogen-bond donors (Lipinski definition) is 1. The third kappa shape index (κ3) is 3.44. The number of hydrogen-bond acceptors (Lipinski definition) is 2. The summed E-state index contributed by atoms with van der Waals surface area (Å²) in [5.41, 5.74) is 2.76. The van der Waals surface area contributed by atoms with E-state index in [-0.39, 0.29) is 17.6 Å². The summed E-state index contributed by atoms with van der Waals surface area (Å²) in [6.07, 6.45) is 0. The molecule has 0 amide bonds. The molecule has 0 saturated carbocycles. The topological polar surface area (TPSA) is 21.3 Å². The zero-order valence-electron chi connectivity index (χ0n) is 12.4. The maximum absolute atomic E-state index is 14.5. The largest absolute Gasteiger partial charge is 0.494 e. The Morgan fingerprint density at radius 2 is 2.05 bits per heavy atom. The zero-order valence-corrected chi connectivity index (χ0v) is 14.0. The molecule has 0 fully saturated rings. The van der Waals surface area contributed by atoms with Gasteiger partial charge in [-0.25, -0.2) is 4.39 Å². The molecule has 0 heterocycles. The van der Waals surface area contributed by atoms with Crippen molar-refractivity contribution in [2.24, 2.45) is 0 Å². The lowest BCUT2D eigenvalue weighted by Crippen LogP contribution is -2.23. The SMILES string of the molecule is CCNC(c1ccc(C)c(Br)c1)c1cccc(OC)c1F. The molecule has 1 unspecified atom stereocenters. The summed E-state index contributed by atoms with van der Waals surface area (Å²) in [5.74, 6) is -0.0516. The van der Waals surface area contributed by atoms with Crippen molar-refractivity contribution in [2.75, 3.05) is 13.7 Å². The molecule has 2 aromatic rings. The maximum Gasteiger partial charge on any atom is 0.170 e. The lowest BCUT2D eigenvalue weighted by atomic mass is 9.97. The molecule has 0 radical (unpaired) electrons. The van der Waals surface area contributed by atoms with Crippen molar-refractivity contribution < 1.29 is 9.13 Å². The highest BCUT2D eigenvalue weighted by atomic mass is 79.9. The molecule has 4 heteroatoms. The maximum atomic E-state index is 14.5. The number of aryl methyl sites for hydroxylation is 1. The van der Waals surface area contributed by atoms with E-state index in [1.54, 1.807) is 12.1 Å². The fourth-order valence-corrected chi connectivity index (χ4v) is 2.71. The van der Waals surface area contributed by atoms with Gasteiger partial charge in [0.2, 0.25) is 0 Å². The minimum Gasteiger partial charge on any atom is -0.494 e. The molecule has 2 aromatic carbocycles. The van der Waals surface area contributed by atoms with E-state index in [4.69, 9.17) is 4.74 Å². The molecule has 0 aliphatic carbocycles. The molecule has 2 rings (SSSR count). The molecule has 0 bridgehead atoms.